The third-order valence-electron chi connectivity index (χ3n) is 4.55. The number of pyridine rings is 1. The fourth-order valence-corrected chi connectivity index (χ4v) is 3.51. The lowest BCUT2D eigenvalue weighted by molar-refractivity contribution is -0.767. The van der Waals surface area contributed by atoms with Gasteiger partial charge in [-0.05, 0) is 35.2 Å². The van der Waals surface area contributed by atoms with Crippen molar-refractivity contribution in [3.8, 4) is 22.6 Å². The summed E-state index contributed by atoms with van der Waals surface area (Å²) in [5.74, 6) is 0.919. The monoisotopic (exact) mass is 320 g/mol. The van der Waals surface area contributed by atoms with E-state index < -0.39 is 5.91 Å². The summed E-state index contributed by atoms with van der Waals surface area (Å²) in [6.07, 6.45) is 3.39. The van der Waals surface area contributed by atoms with Crippen molar-refractivity contribution in [2.24, 2.45) is 0 Å². The number of nitrogens with zero attached hydrogens (tertiary/aromatic N) is 1. The Bertz CT molecular complexity index is 1000. The number of hydrogen-bond donors (Lipinski definition) is 1. The van der Waals surface area contributed by atoms with E-state index in [1.54, 1.807) is 18.5 Å². The summed E-state index contributed by atoms with van der Waals surface area (Å²) in [5.41, 5.74) is 3.00. The predicted molar refractivity (Wildman–Crippen MR) is 85.7 cm³/mol. The maximum Gasteiger partial charge on any atom is 0.345 e. The van der Waals surface area contributed by atoms with Crippen molar-refractivity contribution in [1.29, 1.82) is 0 Å². The highest BCUT2D eigenvalue weighted by atomic mass is 16.7. The molecule has 1 atom stereocenters. The normalized spacial score (nSPS) is 18.2. The molecule has 1 unspecified atom stereocenters. The number of hydroxylamine groups is 2. The number of rotatable bonds is 1. The van der Waals surface area contributed by atoms with Gasteiger partial charge >= 0.3 is 5.91 Å². The highest BCUT2D eigenvalue weighted by Crippen LogP contribution is 2.46. The molecule has 0 saturated carbocycles. The van der Waals surface area contributed by atoms with Crippen molar-refractivity contribution in [1.82, 2.24) is 4.98 Å². The summed E-state index contributed by atoms with van der Waals surface area (Å²) >= 11 is 0. The number of amides is 1. The van der Waals surface area contributed by atoms with Gasteiger partial charge in [-0.2, -0.15) is 0 Å². The van der Waals surface area contributed by atoms with Crippen LogP contribution < -0.4 is 14.5 Å². The second-order valence-corrected chi connectivity index (χ2v) is 5.84. The maximum atomic E-state index is 12.2. The first kappa shape index (κ1) is 13.5. The minimum Gasteiger partial charge on any atom is -0.626 e. The molecule has 2 aliphatic rings. The average molecular weight is 320 g/mol. The van der Waals surface area contributed by atoms with Crippen LogP contribution in [-0.2, 0) is 6.54 Å². The van der Waals surface area contributed by atoms with E-state index in [4.69, 9.17) is 9.47 Å². The number of ether oxygens (including phenoxy) is 2. The lowest BCUT2D eigenvalue weighted by Crippen LogP contribution is -3.06. The van der Waals surface area contributed by atoms with Gasteiger partial charge in [-0.3, -0.25) is 4.98 Å². The Kier molecular flexibility index (Phi) is 2.68. The average Bonchev–Trinajstić information content (AvgIpc) is 3.19. The SMILES string of the molecule is O=C1c2cc3ccc4c(c3c(-c3ccncc3)c2C[NH+]1[O-])OCO4. The largest absolute Gasteiger partial charge is 0.626 e. The van der Waals surface area contributed by atoms with Crippen molar-refractivity contribution in [3.05, 3.63) is 59.1 Å². The third-order valence-corrected chi connectivity index (χ3v) is 4.55. The zero-order chi connectivity index (χ0) is 16.3. The lowest BCUT2D eigenvalue weighted by atomic mass is 9.90. The molecule has 24 heavy (non-hydrogen) atoms. The molecule has 2 aromatic carbocycles. The molecular formula is C18H12N2O4. The summed E-state index contributed by atoms with van der Waals surface area (Å²) in [6.45, 7) is 0.283. The Morgan fingerprint density at radius 1 is 1.12 bits per heavy atom. The molecule has 1 amide bonds. The van der Waals surface area contributed by atoms with E-state index in [0.717, 1.165) is 27.5 Å². The van der Waals surface area contributed by atoms with Gasteiger partial charge in [0.2, 0.25) is 6.79 Å². The van der Waals surface area contributed by atoms with Crippen molar-refractivity contribution < 1.29 is 19.3 Å². The Morgan fingerprint density at radius 2 is 1.96 bits per heavy atom. The number of benzene rings is 2. The first-order valence-corrected chi connectivity index (χ1v) is 7.60. The Balaban J connectivity index is 1.95. The fourth-order valence-electron chi connectivity index (χ4n) is 3.51. The van der Waals surface area contributed by atoms with Gasteiger partial charge in [-0.15, -0.1) is 0 Å². The van der Waals surface area contributed by atoms with Crippen LogP contribution in [0.5, 0.6) is 11.5 Å². The predicted octanol–water partition coefficient (Wildman–Crippen LogP) is 1.67. The van der Waals surface area contributed by atoms with Crippen LogP contribution in [0.2, 0.25) is 0 Å². The molecule has 0 saturated heterocycles. The van der Waals surface area contributed by atoms with E-state index in [1.807, 2.05) is 24.3 Å². The van der Waals surface area contributed by atoms with Crippen LogP contribution in [-0.4, -0.2) is 17.7 Å². The summed E-state index contributed by atoms with van der Waals surface area (Å²) in [7, 11) is 0. The number of quaternary nitrogens is 1. The van der Waals surface area contributed by atoms with Crippen molar-refractivity contribution in [2.75, 3.05) is 6.79 Å². The van der Waals surface area contributed by atoms with Crippen LogP contribution in [0.1, 0.15) is 15.9 Å². The van der Waals surface area contributed by atoms with Gasteiger partial charge in [-0.1, -0.05) is 6.07 Å². The van der Waals surface area contributed by atoms with E-state index in [9.17, 15) is 10.0 Å². The van der Waals surface area contributed by atoms with Crippen LogP contribution in [0, 0.1) is 5.21 Å². The molecule has 1 aromatic heterocycles. The quantitative estimate of drug-likeness (QED) is 0.690. The fraction of sp³-hybridized carbons (Fsp3) is 0.111. The van der Waals surface area contributed by atoms with Gasteiger partial charge in [-0.25, -0.2) is 4.79 Å². The molecule has 0 fully saturated rings. The third kappa shape index (κ3) is 1.72. The summed E-state index contributed by atoms with van der Waals surface area (Å²) in [6, 6.07) is 9.25. The Morgan fingerprint density at radius 3 is 2.79 bits per heavy atom. The minimum absolute atomic E-state index is 0.117. The number of hydrogen-bond acceptors (Lipinski definition) is 5. The number of carbonyl (C=O) groups is 1. The topological polar surface area (TPSA) is 75.9 Å². The first-order chi connectivity index (χ1) is 11.7. The van der Waals surface area contributed by atoms with Gasteiger partial charge in [0.05, 0.1) is 5.56 Å². The Hall–Kier alpha value is -2.96. The van der Waals surface area contributed by atoms with Crippen molar-refractivity contribution in [2.45, 2.75) is 6.54 Å². The van der Waals surface area contributed by atoms with E-state index in [2.05, 4.69) is 4.98 Å². The van der Waals surface area contributed by atoms with E-state index in [1.165, 1.54) is 0 Å². The second kappa shape index (κ2) is 4.77. The van der Waals surface area contributed by atoms with Crippen LogP contribution in [0.15, 0.2) is 42.7 Å². The highest BCUT2D eigenvalue weighted by molar-refractivity contribution is 6.09. The second-order valence-electron chi connectivity index (χ2n) is 5.84. The van der Waals surface area contributed by atoms with Crippen LogP contribution in [0.4, 0.5) is 0 Å². The van der Waals surface area contributed by atoms with Crippen LogP contribution >= 0.6 is 0 Å². The molecule has 0 radical (unpaired) electrons. The van der Waals surface area contributed by atoms with E-state index in [-0.39, 0.29) is 18.4 Å². The van der Waals surface area contributed by atoms with Gasteiger partial charge in [0, 0.05) is 28.9 Å². The van der Waals surface area contributed by atoms with E-state index in [0.29, 0.717) is 17.1 Å². The van der Waals surface area contributed by atoms with E-state index >= 15 is 0 Å². The molecule has 0 spiro atoms. The molecule has 5 rings (SSSR count). The first-order valence-electron chi connectivity index (χ1n) is 7.60. The van der Waals surface area contributed by atoms with Crippen LogP contribution in [0.3, 0.4) is 0 Å². The van der Waals surface area contributed by atoms with Gasteiger partial charge in [0.15, 0.2) is 11.5 Å². The number of nitrogens with one attached hydrogen (secondary N) is 1. The van der Waals surface area contributed by atoms with Crippen LogP contribution in [0.25, 0.3) is 21.9 Å². The zero-order valence-electron chi connectivity index (χ0n) is 12.5. The van der Waals surface area contributed by atoms with Crippen molar-refractivity contribution in [3.63, 3.8) is 0 Å². The lowest BCUT2D eigenvalue weighted by Gasteiger charge is -2.13. The molecule has 3 heterocycles. The molecule has 3 aromatic rings. The zero-order valence-corrected chi connectivity index (χ0v) is 12.5. The van der Waals surface area contributed by atoms with Gasteiger partial charge < -0.3 is 19.7 Å². The standard InChI is InChI=1S/C18H12N2O4/c21-18-12-7-11-1-2-14-17(24-9-23-14)16(11)15(13(12)8-20(18)22)10-3-5-19-6-4-10/h1-7,20H,8-9H2. The molecule has 0 bridgehead atoms. The molecule has 6 heteroatoms. The summed E-state index contributed by atoms with van der Waals surface area (Å²) in [5, 5.41) is 13.4. The highest BCUT2D eigenvalue weighted by Gasteiger charge is 2.33. The number of fused-ring (bicyclic) bond motifs is 4. The molecule has 2 aliphatic heterocycles. The smallest absolute Gasteiger partial charge is 0.345 e. The molecular weight excluding hydrogens is 308 g/mol. The molecule has 118 valence electrons. The van der Waals surface area contributed by atoms with Gasteiger partial charge in [0.25, 0.3) is 0 Å². The van der Waals surface area contributed by atoms with Crippen molar-refractivity contribution >= 4 is 16.7 Å². The maximum absolute atomic E-state index is 12.2. The molecule has 6 nitrogen and oxygen atoms in total. The molecule has 0 aliphatic carbocycles. The molecule has 1 N–H and O–H groups in total. The minimum atomic E-state index is -0.417. The number of carbonyl (C=O) groups excluding carboxylic acids is 1. The Labute approximate surface area is 136 Å². The van der Waals surface area contributed by atoms with Gasteiger partial charge in [0.1, 0.15) is 6.54 Å². The number of aromatic nitrogens is 1. The summed E-state index contributed by atoms with van der Waals surface area (Å²) < 4.78 is 11.2. The summed E-state index contributed by atoms with van der Waals surface area (Å²) in [4.78, 5) is 16.3.